The molecular formula is C53H43N. The van der Waals surface area contributed by atoms with E-state index in [0.717, 1.165) is 17.1 Å². The van der Waals surface area contributed by atoms with E-state index >= 15 is 0 Å². The van der Waals surface area contributed by atoms with Crippen LogP contribution < -0.4 is 4.90 Å². The smallest absolute Gasteiger partial charge is 0.0710 e. The van der Waals surface area contributed by atoms with Crippen LogP contribution in [0.3, 0.4) is 0 Å². The maximum absolute atomic E-state index is 4.33. The lowest BCUT2D eigenvalue weighted by atomic mass is 9.65. The minimum absolute atomic E-state index is 0.0999. The molecular weight excluding hydrogens is 651 g/mol. The van der Waals surface area contributed by atoms with Crippen LogP contribution in [0.15, 0.2) is 212 Å². The SMILES string of the molecule is C=CC1=C2/C(=C\C)C(c3ccccc3)(c3ccc(-c4ccc(N(c5ccccc5)c5ccc(-c6ccccc6)cc5)cc4)cc3)c3cccc(c32)C1(C)C. The minimum atomic E-state index is -0.434. The van der Waals surface area contributed by atoms with Crippen molar-refractivity contribution in [3.63, 3.8) is 0 Å². The van der Waals surface area contributed by atoms with Gasteiger partial charge in [-0.2, -0.15) is 0 Å². The molecule has 7 aromatic rings. The molecule has 0 radical (unpaired) electrons. The zero-order chi connectivity index (χ0) is 36.9. The van der Waals surface area contributed by atoms with Gasteiger partial charge in [0.1, 0.15) is 0 Å². The van der Waals surface area contributed by atoms with Gasteiger partial charge in [-0.25, -0.2) is 0 Å². The second-order valence-electron chi connectivity index (χ2n) is 14.9. The molecule has 7 aromatic carbocycles. The molecule has 0 fully saturated rings. The van der Waals surface area contributed by atoms with Gasteiger partial charge in [0.2, 0.25) is 0 Å². The van der Waals surface area contributed by atoms with Gasteiger partial charge in [0.25, 0.3) is 0 Å². The lowest BCUT2D eigenvalue weighted by molar-refractivity contribution is 0.647. The van der Waals surface area contributed by atoms with Crippen LogP contribution in [-0.4, -0.2) is 0 Å². The van der Waals surface area contributed by atoms with Crippen molar-refractivity contribution in [2.24, 2.45) is 0 Å². The molecule has 0 aliphatic heterocycles. The number of allylic oxidation sites excluding steroid dienone is 5. The van der Waals surface area contributed by atoms with E-state index in [2.05, 4.69) is 226 Å². The van der Waals surface area contributed by atoms with Gasteiger partial charge in [-0.15, -0.1) is 0 Å². The molecule has 1 unspecified atom stereocenters. The number of hydrogen-bond donors (Lipinski definition) is 0. The Bertz CT molecular complexity index is 2540. The van der Waals surface area contributed by atoms with Crippen LogP contribution in [0.2, 0.25) is 0 Å². The van der Waals surface area contributed by atoms with Crippen LogP contribution in [-0.2, 0) is 10.8 Å². The van der Waals surface area contributed by atoms with Crippen molar-refractivity contribution in [2.45, 2.75) is 31.6 Å². The van der Waals surface area contributed by atoms with Gasteiger partial charge < -0.3 is 4.90 Å². The lowest BCUT2D eigenvalue weighted by Crippen LogP contribution is -2.30. The first-order chi connectivity index (χ1) is 26.5. The zero-order valence-electron chi connectivity index (χ0n) is 31.1. The summed E-state index contributed by atoms with van der Waals surface area (Å²) >= 11 is 0. The number of hydrogen-bond acceptors (Lipinski definition) is 1. The summed E-state index contributed by atoms with van der Waals surface area (Å²) in [5.41, 5.74) is 18.3. The fourth-order valence-corrected chi connectivity index (χ4v) is 9.23. The van der Waals surface area contributed by atoms with Crippen molar-refractivity contribution >= 4 is 22.6 Å². The van der Waals surface area contributed by atoms with Crippen molar-refractivity contribution in [2.75, 3.05) is 4.90 Å². The molecule has 2 aliphatic carbocycles. The summed E-state index contributed by atoms with van der Waals surface area (Å²) < 4.78 is 0. The fourth-order valence-electron chi connectivity index (χ4n) is 9.23. The molecule has 0 spiro atoms. The molecule has 9 rings (SSSR count). The third-order valence-corrected chi connectivity index (χ3v) is 11.7. The normalized spacial score (nSPS) is 17.4. The van der Waals surface area contributed by atoms with E-state index in [1.807, 2.05) is 0 Å². The summed E-state index contributed by atoms with van der Waals surface area (Å²) in [6.07, 6.45) is 4.44. The van der Waals surface area contributed by atoms with Crippen molar-refractivity contribution in [3.05, 3.63) is 240 Å². The number of rotatable bonds is 8. The third-order valence-electron chi connectivity index (χ3n) is 11.7. The predicted molar refractivity (Wildman–Crippen MR) is 229 cm³/mol. The quantitative estimate of drug-likeness (QED) is 0.153. The molecule has 1 heteroatoms. The van der Waals surface area contributed by atoms with Crippen molar-refractivity contribution in [3.8, 4) is 22.3 Å². The second kappa shape index (κ2) is 13.2. The Balaban J connectivity index is 1.10. The molecule has 0 bridgehead atoms. The molecule has 0 aromatic heterocycles. The van der Waals surface area contributed by atoms with Gasteiger partial charge in [-0.3, -0.25) is 0 Å². The zero-order valence-corrected chi connectivity index (χ0v) is 31.1. The third kappa shape index (κ3) is 5.07. The van der Waals surface area contributed by atoms with E-state index in [-0.39, 0.29) is 5.41 Å². The highest BCUT2D eigenvalue weighted by Crippen LogP contribution is 2.64. The number of anilines is 3. The van der Waals surface area contributed by atoms with Gasteiger partial charge in [-0.05, 0) is 110 Å². The van der Waals surface area contributed by atoms with E-state index < -0.39 is 5.41 Å². The molecule has 1 atom stereocenters. The Morgan fingerprint density at radius 1 is 0.463 bits per heavy atom. The van der Waals surface area contributed by atoms with Crippen molar-refractivity contribution in [1.82, 2.24) is 0 Å². The Morgan fingerprint density at radius 3 is 1.44 bits per heavy atom. The summed E-state index contributed by atoms with van der Waals surface area (Å²) in [5, 5.41) is 0. The molecule has 54 heavy (non-hydrogen) atoms. The molecule has 1 nitrogen and oxygen atoms in total. The van der Waals surface area contributed by atoms with Crippen LogP contribution in [0, 0.1) is 0 Å². The molecule has 0 saturated heterocycles. The Kier molecular flexibility index (Phi) is 8.17. The predicted octanol–water partition coefficient (Wildman–Crippen LogP) is 14.0. The standard InChI is InChI=1S/C53H43N/c1-5-46-50-47(6-2)53(41-19-12-8-13-20-41,49-24-16-23-48(51(49)50)52(46,3)4)42-31-25-38(26-32-42)40-29-35-45(36-30-40)54(43-21-14-9-15-22-43)44-33-27-39(28-34-44)37-17-10-7-11-18-37/h5-36H,1H2,2-4H3/b47-6+. The van der Waals surface area contributed by atoms with Crippen LogP contribution in [0.1, 0.15) is 48.6 Å². The van der Waals surface area contributed by atoms with Crippen LogP contribution in [0.5, 0.6) is 0 Å². The number of para-hydroxylation sites is 1. The summed E-state index contributed by atoms with van der Waals surface area (Å²) in [5.74, 6) is 0. The van der Waals surface area contributed by atoms with Gasteiger partial charge >= 0.3 is 0 Å². The van der Waals surface area contributed by atoms with Crippen LogP contribution in [0.4, 0.5) is 17.1 Å². The number of nitrogens with zero attached hydrogens (tertiary/aromatic N) is 1. The first-order valence-corrected chi connectivity index (χ1v) is 18.9. The Labute approximate surface area is 319 Å². The first-order valence-electron chi connectivity index (χ1n) is 18.9. The molecule has 260 valence electrons. The van der Waals surface area contributed by atoms with Gasteiger partial charge in [0.05, 0.1) is 5.41 Å². The lowest BCUT2D eigenvalue weighted by Gasteiger charge is -2.36. The number of benzene rings is 7. The fraction of sp³-hybridized carbons (Fsp3) is 0.0943. The molecule has 0 amide bonds. The first kappa shape index (κ1) is 33.4. The summed E-state index contributed by atoms with van der Waals surface area (Å²) in [4.78, 5) is 2.32. The highest BCUT2D eigenvalue weighted by molar-refractivity contribution is 6.01. The molecule has 2 aliphatic rings. The van der Waals surface area contributed by atoms with E-state index in [9.17, 15) is 0 Å². The van der Waals surface area contributed by atoms with Gasteiger partial charge in [-0.1, -0.05) is 178 Å². The summed E-state index contributed by atoms with van der Waals surface area (Å²) in [6, 6.07) is 66.2. The molecule has 0 saturated carbocycles. The average Bonchev–Trinajstić information content (AvgIpc) is 3.66. The molecule has 0 heterocycles. The van der Waals surface area contributed by atoms with Crippen molar-refractivity contribution < 1.29 is 0 Å². The monoisotopic (exact) mass is 693 g/mol. The van der Waals surface area contributed by atoms with E-state index in [4.69, 9.17) is 0 Å². The van der Waals surface area contributed by atoms with E-state index in [1.54, 1.807) is 0 Å². The van der Waals surface area contributed by atoms with Crippen LogP contribution in [0.25, 0.3) is 27.8 Å². The minimum Gasteiger partial charge on any atom is -0.311 e. The highest BCUT2D eigenvalue weighted by Gasteiger charge is 2.53. The summed E-state index contributed by atoms with van der Waals surface area (Å²) in [7, 11) is 0. The maximum atomic E-state index is 4.33. The van der Waals surface area contributed by atoms with Crippen molar-refractivity contribution in [1.29, 1.82) is 0 Å². The summed E-state index contributed by atoms with van der Waals surface area (Å²) in [6.45, 7) is 11.2. The van der Waals surface area contributed by atoms with Gasteiger partial charge in [0.15, 0.2) is 0 Å². The van der Waals surface area contributed by atoms with E-state index in [0.29, 0.717) is 0 Å². The van der Waals surface area contributed by atoms with Gasteiger partial charge in [0, 0.05) is 22.5 Å². The largest absolute Gasteiger partial charge is 0.311 e. The average molecular weight is 694 g/mol. The highest BCUT2D eigenvalue weighted by atomic mass is 15.1. The maximum Gasteiger partial charge on any atom is 0.0710 e. The topological polar surface area (TPSA) is 3.24 Å². The Morgan fingerprint density at radius 2 is 0.907 bits per heavy atom. The van der Waals surface area contributed by atoms with Crippen LogP contribution >= 0.6 is 0 Å². The molecule has 0 N–H and O–H groups in total. The Hall–Kier alpha value is -6.44. The van der Waals surface area contributed by atoms with E-state index in [1.165, 1.54) is 66.8 Å². The second-order valence-corrected chi connectivity index (χ2v) is 14.9.